The van der Waals surface area contributed by atoms with E-state index < -0.39 is 0 Å². The van der Waals surface area contributed by atoms with Crippen LogP contribution in [0.15, 0.2) is 35.3 Å². The summed E-state index contributed by atoms with van der Waals surface area (Å²) in [5.74, 6) is 1.07. The van der Waals surface area contributed by atoms with E-state index in [0.717, 1.165) is 38.4 Å². The van der Waals surface area contributed by atoms with Crippen LogP contribution in [0.3, 0.4) is 0 Å². The SMILES string of the molecule is CCNC(=NCC(C)CO)NC1CCN(Cc2ccccc2)C(C)C1. The predicted molar refractivity (Wildman–Crippen MR) is 105 cm³/mol. The van der Waals surface area contributed by atoms with Gasteiger partial charge in [-0.15, -0.1) is 0 Å². The average molecular weight is 347 g/mol. The van der Waals surface area contributed by atoms with Crippen LogP contribution >= 0.6 is 0 Å². The number of hydrogen-bond donors (Lipinski definition) is 3. The maximum atomic E-state index is 9.17. The van der Waals surface area contributed by atoms with Gasteiger partial charge in [0.1, 0.15) is 0 Å². The minimum absolute atomic E-state index is 0.178. The van der Waals surface area contributed by atoms with Gasteiger partial charge in [0.2, 0.25) is 0 Å². The number of benzene rings is 1. The van der Waals surface area contributed by atoms with Gasteiger partial charge in [0.05, 0.1) is 0 Å². The molecule has 0 aliphatic carbocycles. The maximum absolute atomic E-state index is 9.17. The second kappa shape index (κ2) is 10.4. The van der Waals surface area contributed by atoms with Crippen LogP contribution in [-0.4, -0.2) is 54.3 Å². The fourth-order valence-corrected chi connectivity index (χ4v) is 3.22. The molecule has 25 heavy (non-hydrogen) atoms. The van der Waals surface area contributed by atoms with Crippen LogP contribution in [0.1, 0.15) is 39.2 Å². The van der Waals surface area contributed by atoms with Gasteiger partial charge in [-0.3, -0.25) is 9.89 Å². The van der Waals surface area contributed by atoms with Gasteiger partial charge >= 0.3 is 0 Å². The molecule has 1 fully saturated rings. The standard InChI is InChI=1S/C20H34N4O/c1-4-21-20(22-13-16(2)15-25)23-19-10-11-24(17(3)12-19)14-18-8-6-5-7-9-18/h5-9,16-17,19,25H,4,10-15H2,1-3H3,(H2,21,22,23). The first-order valence-electron chi connectivity index (χ1n) is 9.56. The molecule has 3 atom stereocenters. The summed E-state index contributed by atoms with van der Waals surface area (Å²) in [5.41, 5.74) is 1.38. The van der Waals surface area contributed by atoms with E-state index in [1.165, 1.54) is 5.56 Å². The predicted octanol–water partition coefficient (Wildman–Crippen LogP) is 2.22. The van der Waals surface area contributed by atoms with E-state index in [2.05, 4.69) is 64.7 Å². The lowest BCUT2D eigenvalue weighted by Gasteiger charge is -2.38. The molecule has 0 saturated carbocycles. The fraction of sp³-hybridized carbons (Fsp3) is 0.650. The first-order valence-corrected chi connectivity index (χ1v) is 9.56. The highest BCUT2D eigenvalue weighted by atomic mass is 16.3. The van der Waals surface area contributed by atoms with Gasteiger partial charge in [-0.25, -0.2) is 0 Å². The summed E-state index contributed by atoms with van der Waals surface area (Å²) in [6.45, 7) is 10.2. The summed E-state index contributed by atoms with van der Waals surface area (Å²) >= 11 is 0. The van der Waals surface area contributed by atoms with E-state index in [1.54, 1.807) is 0 Å². The maximum Gasteiger partial charge on any atom is 0.191 e. The summed E-state index contributed by atoms with van der Waals surface area (Å²) < 4.78 is 0. The highest BCUT2D eigenvalue weighted by Crippen LogP contribution is 2.19. The molecule has 3 unspecified atom stereocenters. The summed E-state index contributed by atoms with van der Waals surface area (Å²) in [7, 11) is 0. The molecular formula is C20H34N4O. The van der Waals surface area contributed by atoms with Crippen molar-refractivity contribution in [1.29, 1.82) is 0 Å². The average Bonchev–Trinajstić information content (AvgIpc) is 2.62. The molecule has 0 aromatic heterocycles. The largest absolute Gasteiger partial charge is 0.396 e. The molecule has 3 N–H and O–H groups in total. The van der Waals surface area contributed by atoms with E-state index >= 15 is 0 Å². The number of likely N-dealkylation sites (tertiary alicyclic amines) is 1. The van der Waals surface area contributed by atoms with Crippen LogP contribution < -0.4 is 10.6 Å². The Morgan fingerprint density at radius 3 is 2.76 bits per heavy atom. The third-order valence-corrected chi connectivity index (χ3v) is 4.80. The molecular weight excluding hydrogens is 312 g/mol. The van der Waals surface area contributed by atoms with Crippen LogP contribution in [0.4, 0.5) is 0 Å². The van der Waals surface area contributed by atoms with Crippen molar-refractivity contribution in [3.8, 4) is 0 Å². The van der Waals surface area contributed by atoms with E-state index in [1.807, 2.05) is 6.92 Å². The van der Waals surface area contributed by atoms with Crippen molar-refractivity contribution in [2.75, 3.05) is 26.2 Å². The smallest absolute Gasteiger partial charge is 0.191 e. The molecule has 1 saturated heterocycles. The summed E-state index contributed by atoms with van der Waals surface area (Å²) in [4.78, 5) is 7.17. The number of guanidine groups is 1. The normalized spacial score (nSPS) is 23.3. The zero-order chi connectivity index (χ0) is 18.1. The van der Waals surface area contributed by atoms with Gasteiger partial charge in [0.15, 0.2) is 5.96 Å². The second-order valence-electron chi connectivity index (χ2n) is 7.18. The molecule has 1 aromatic carbocycles. The van der Waals surface area contributed by atoms with Crippen molar-refractivity contribution in [3.63, 3.8) is 0 Å². The van der Waals surface area contributed by atoms with E-state index in [0.29, 0.717) is 18.6 Å². The van der Waals surface area contributed by atoms with Gasteiger partial charge in [0.25, 0.3) is 0 Å². The molecule has 0 spiro atoms. The Hall–Kier alpha value is -1.59. The van der Waals surface area contributed by atoms with E-state index in [-0.39, 0.29) is 12.5 Å². The van der Waals surface area contributed by atoms with Crippen molar-refractivity contribution >= 4 is 5.96 Å². The number of rotatable bonds is 7. The number of nitrogens with one attached hydrogen (secondary N) is 2. The monoisotopic (exact) mass is 346 g/mol. The zero-order valence-corrected chi connectivity index (χ0v) is 15.9. The third kappa shape index (κ3) is 6.67. The van der Waals surface area contributed by atoms with Crippen molar-refractivity contribution in [2.45, 2.75) is 52.2 Å². The lowest BCUT2D eigenvalue weighted by Crippen LogP contribution is -2.51. The highest BCUT2D eigenvalue weighted by Gasteiger charge is 2.25. The van der Waals surface area contributed by atoms with Crippen molar-refractivity contribution in [1.82, 2.24) is 15.5 Å². The van der Waals surface area contributed by atoms with Crippen LogP contribution in [-0.2, 0) is 6.54 Å². The van der Waals surface area contributed by atoms with E-state index in [4.69, 9.17) is 5.11 Å². The molecule has 1 aliphatic heterocycles. The van der Waals surface area contributed by atoms with Crippen LogP contribution in [0, 0.1) is 5.92 Å². The summed E-state index contributed by atoms with van der Waals surface area (Å²) in [6.07, 6.45) is 2.24. The summed E-state index contributed by atoms with van der Waals surface area (Å²) in [5, 5.41) is 16.1. The lowest BCUT2D eigenvalue weighted by molar-refractivity contribution is 0.134. The number of nitrogens with zero attached hydrogens (tertiary/aromatic N) is 2. The Labute approximate surface area is 152 Å². The van der Waals surface area contributed by atoms with Gasteiger partial charge in [-0.1, -0.05) is 37.3 Å². The Kier molecular flexibility index (Phi) is 8.22. The summed E-state index contributed by atoms with van der Waals surface area (Å²) in [6, 6.07) is 11.7. The molecule has 5 heteroatoms. The Morgan fingerprint density at radius 2 is 2.12 bits per heavy atom. The van der Waals surface area contributed by atoms with Gasteiger partial charge in [-0.2, -0.15) is 0 Å². The van der Waals surface area contributed by atoms with Crippen LogP contribution in [0.5, 0.6) is 0 Å². The van der Waals surface area contributed by atoms with E-state index in [9.17, 15) is 0 Å². The quantitative estimate of drug-likeness (QED) is 0.523. The second-order valence-corrected chi connectivity index (χ2v) is 7.18. The molecule has 140 valence electrons. The van der Waals surface area contributed by atoms with Gasteiger partial charge < -0.3 is 15.7 Å². The van der Waals surface area contributed by atoms with Crippen molar-refractivity contribution < 1.29 is 5.11 Å². The minimum atomic E-state index is 0.178. The number of aliphatic hydroxyl groups excluding tert-OH is 1. The van der Waals surface area contributed by atoms with Crippen molar-refractivity contribution in [3.05, 3.63) is 35.9 Å². The van der Waals surface area contributed by atoms with Crippen LogP contribution in [0.25, 0.3) is 0 Å². The van der Waals surface area contributed by atoms with Gasteiger partial charge in [-0.05, 0) is 38.2 Å². The number of aliphatic hydroxyl groups is 1. The Morgan fingerprint density at radius 1 is 1.36 bits per heavy atom. The first kappa shape index (κ1) is 19.7. The number of hydrogen-bond acceptors (Lipinski definition) is 3. The molecule has 1 aliphatic rings. The lowest BCUT2D eigenvalue weighted by atomic mass is 9.97. The topological polar surface area (TPSA) is 59.9 Å². The Balaban J connectivity index is 1.85. The molecule has 1 aromatic rings. The van der Waals surface area contributed by atoms with Crippen molar-refractivity contribution in [2.24, 2.45) is 10.9 Å². The Bertz CT molecular complexity index is 520. The zero-order valence-electron chi connectivity index (χ0n) is 15.9. The molecule has 2 rings (SSSR count). The molecule has 0 radical (unpaired) electrons. The van der Waals surface area contributed by atoms with Crippen LogP contribution in [0.2, 0.25) is 0 Å². The highest BCUT2D eigenvalue weighted by molar-refractivity contribution is 5.80. The molecule has 0 amide bonds. The third-order valence-electron chi connectivity index (χ3n) is 4.80. The number of aliphatic imine (C=N–C) groups is 1. The fourth-order valence-electron chi connectivity index (χ4n) is 3.22. The molecule has 0 bridgehead atoms. The number of piperidine rings is 1. The molecule has 5 nitrogen and oxygen atoms in total. The minimum Gasteiger partial charge on any atom is -0.396 e. The first-order chi connectivity index (χ1) is 12.1. The van der Waals surface area contributed by atoms with Gasteiger partial charge in [0, 0.05) is 44.9 Å². The molecule has 1 heterocycles.